The standard InChI is InChI=1S/C17H23N7O4/c1-21-15-14(16(25)22(2)17(21)26)24(11-18-15)6-3-12-19-13(28-20-12)4-5-23-7-9-27-10-8-23/h11H,3-10H2,1-2H3. The van der Waals surface area contributed by atoms with Crippen molar-refractivity contribution in [1.29, 1.82) is 0 Å². The molecule has 11 heteroatoms. The van der Waals surface area contributed by atoms with Gasteiger partial charge in [-0.15, -0.1) is 0 Å². The number of aromatic nitrogens is 6. The van der Waals surface area contributed by atoms with Crippen molar-refractivity contribution < 1.29 is 9.26 Å². The van der Waals surface area contributed by atoms with E-state index < -0.39 is 5.69 Å². The number of hydrogen-bond donors (Lipinski definition) is 0. The van der Waals surface area contributed by atoms with Crippen molar-refractivity contribution in [3.8, 4) is 0 Å². The summed E-state index contributed by atoms with van der Waals surface area (Å²) in [5.41, 5.74) is -0.00575. The largest absolute Gasteiger partial charge is 0.379 e. The second-order valence-electron chi connectivity index (χ2n) is 6.87. The summed E-state index contributed by atoms with van der Waals surface area (Å²) in [7, 11) is 3.06. The number of ether oxygens (including phenoxy) is 1. The van der Waals surface area contributed by atoms with Gasteiger partial charge in [-0.3, -0.25) is 18.8 Å². The molecule has 1 aliphatic rings. The monoisotopic (exact) mass is 389 g/mol. The van der Waals surface area contributed by atoms with Gasteiger partial charge in [0.25, 0.3) is 5.56 Å². The number of imidazole rings is 1. The van der Waals surface area contributed by atoms with Crippen molar-refractivity contribution in [2.75, 3.05) is 32.8 Å². The highest BCUT2D eigenvalue weighted by Gasteiger charge is 2.16. The predicted octanol–water partition coefficient (Wildman–Crippen LogP) is -1.07. The molecule has 4 rings (SSSR count). The molecular formula is C17H23N7O4. The van der Waals surface area contributed by atoms with E-state index in [2.05, 4.69) is 20.0 Å². The van der Waals surface area contributed by atoms with E-state index in [1.54, 1.807) is 17.9 Å². The van der Waals surface area contributed by atoms with Crippen LogP contribution >= 0.6 is 0 Å². The van der Waals surface area contributed by atoms with Gasteiger partial charge in [0, 0.05) is 53.1 Å². The van der Waals surface area contributed by atoms with Gasteiger partial charge in [0.05, 0.1) is 19.5 Å². The van der Waals surface area contributed by atoms with E-state index in [9.17, 15) is 9.59 Å². The molecule has 0 radical (unpaired) electrons. The Hall–Kier alpha value is -2.79. The Morgan fingerprint density at radius 2 is 1.86 bits per heavy atom. The Balaban J connectivity index is 1.43. The van der Waals surface area contributed by atoms with Gasteiger partial charge in [-0.2, -0.15) is 4.98 Å². The van der Waals surface area contributed by atoms with Crippen LogP contribution in [0.3, 0.4) is 0 Å². The lowest BCUT2D eigenvalue weighted by Gasteiger charge is -2.25. The van der Waals surface area contributed by atoms with Crippen molar-refractivity contribution in [2.45, 2.75) is 19.4 Å². The Kier molecular flexibility index (Phi) is 5.09. The third-order valence-corrected chi connectivity index (χ3v) is 5.05. The first-order chi connectivity index (χ1) is 13.5. The van der Waals surface area contributed by atoms with Gasteiger partial charge in [0.1, 0.15) is 0 Å². The molecular weight excluding hydrogens is 366 g/mol. The van der Waals surface area contributed by atoms with E-state index >= 15 is 0 Å². The molecule has 3 aromatic rings. The average Bonchev–Trinajstić information content (AvgIpc) is 3.35. The van der Waals surface area contributed by atoms with Crippen LogP contribution in [0.4, 0.5) is 0 Å². The zero-order chi connectivity index (χ0) is 19.7. The van der Waals surface area contributed by atoms with Gasteiger partial charge in [0.15, 0.2) is 17.0 Å². The molecule has 0 aliphatic carbocycles. The maximum absolute atomic E-state index is 12.5. The molecule has 0 spiro atoms. The maximum Gasteiger partial charge on any atom is 0.332 e. The molecule has 0 saturated carbocycles. The maximum atomic E-state index is 12.5. The van der Waals surface area contributed by atoms with Crippen molar-refractivity contribution in [3.63, 3.8) is 0 Å². The first-order valence-electron chi connectivity index (χ1n) is 9.27. The summed E-state index contributed by atoms with van der Waals surface area (Å²) in [6.45, 7) is 4.70. The molecule has 0 N–H and O–H groups in total. The fourth-order valence-electron chi connectivity index (χ4n) is 3.36. The van der Waals surface area contributed by atoms with E-state index in [4.69, 9.17) is 9.26 Å². The van der Waals surface area contributed by atoms with Crippen LogP contribution in [0.5, 0.6) is 0 Å². The molecule has 150 valence electrons. The number of nitrogens with zero attached hydrogens (tertiary/aromatic N) is 7. The molecule has 4 heterocycles. The molecule has 1 saturated heterocycles. The Bertz CT molecular complexity index is 1090. The molecule has 28 heavy (non-hydrogen) atoms. The third-order valence-electron chi connectivity index (χ3n) is 5.05. The second kappa shape index (κ2) is 7.68. The number of aryl methyl sites for hydroxylation is 3. The van der Waals surface area contributed by atoms with Gasteiger partial charge in [-0.05, 0) is 0 Å². The predicted molar refractivity (Wildman–Crippen MR) is 99.2 cm³/mol. The highest BCUT2D eigenvalue weighted by Crippen LogP contribution is 2.08. The van der Waals surface area contributed by atoms with Crippen LogP contribution in [-0.4, -0.2) is 66.6 Å². The van der Waals surface area contributed by atoms with E-state index in [0.29, 0.717) is 42.3 Å². The lowest BCUT2D eigenvalue weighted by molar-refractivity contribution is 0.0375. The van der Waals surface area contributed by atoms with Crippen LogP contribution in [0.25, 0.3) is 11.2 Å². The lowest BCUT2D eigenvalue weighted by atomic mass is 10.3. The fourth-order valence-corrected chi connectivity index (χ4v) is 3.36. The zero-order valence-corrected chi connectivity index (χ0v) is 16.0. The van der Waals surface area contributed by atoms with E-state index in [-0.39, 0.29) is 5.56 Å². The summed E-state index contributed by atoms with van der Waals surface area (Å²) >= 11 is 0. The van der Waals surface area contributed by atoms with E-state index in [1.807, 2.05) is 0 Å². The highest BCUT2D eigenvalue weighted by molar-refractivity contribution is 5.69. The average molecular weight is 389 g/mol. The topological polar surface area (TPSA) is 113 Å². The summed E-state index contributed by atoms with van der Waals surface area (Å²) < 4.78 is 14.8. The molecule has 0 aromatic carbocycles. The molecule has 11 nitrogen and oxygen atoms in total. The van der Waals surface area contributed by atoms with E-state index in [1.165, 1.54) is 11.6 Å². The third kappa shape index (κ3) is 3.50. The summed E-state index contributed by atoms with van der Waals surface area (Å²) in [6, 6.07) is 0. The number of rotatable bonds is 6. The van der Waals surface area contributed by atoms with Crippen LogP contribution in [0.2, 0.25) is 0 Å². The summed E-state index contributed by atoms with van der Waals surface area (Å²) in [6.07, 6.45) is 2.76. The Morgan fingerprint density at radius 3 is 2.64 bits per heavy atom. The first kappa shape index (κ1) is 18.6. The van der Waals surface area contributed by atoms with Gasteiger partial charge in [-0.25, -0.2) is 9.78 Å². The Labute approximate surface area is 160 Å². The van der Waals surface area contributed by atoms with Crippen molar-refractivity contribution in [2.24, 2.45) is 14.1 Å². The smallest absolute Gasteiger partial charge is 0.332 e. The molecule has 1 fully saturated rings. The van der Waals surface area contributed by atoms with Gasteiger partial charge < -0.3 is 13.8 Å². The van der Waals surface area contributed by atoms with Gasteiger partial charge in [0.2, 0.25) is 5.89 Å². The molecule has 0 atom stereocenters. The Morgan fingerprint density at radius 1 is 1.07 bits per heavy atom. The van der Waals surface area contributed by atoms with Gasteiger partial charge >= 0.3 is 5.69 Å². The molecule has 0 unspecified atom stereocenters. The first-order valence-corrected chi connectivity index (χ1v) is 9.27. The summed E-state index contributed by atoms with van der Waals surface area (Å²) in [4.78, 5) is 35.4. The SMILES string of the molecule is Cn1c(=O)c2c(ncn2CCc2noc(CCN3CCOCC3)n2)n(C)c1=O. The van der Waals surface area contributed by atoms with Crippen LogP contribution < -0.4 is 11.2 Å². The fraction of sp³-hybridized carbons (Fsp3) is 0.588. The van der Waals surface area contributed by atoms with Gasteiger partial charge in [-0.1, -0.05) is 5.16 Å². The minimum Gasteiger partial charge on any atom is -0.379 e. The van der Waals surface area contributed by atoms with E-state index in [0.717, 1.165) is 37.4 Å². The lowest BCUT2D eigenvalue weighted by Crippen LogP contribution is -2.37. The normalized spacial score (nSPS) is 15.5. The number of hydrogen-bond acceptors (Lipinski definition) is 8. The van der Waals surface area contributed by atoms with Crippen LogP contribution in [-0.2, 0) is 38.2 Å². The molecule has 3 aromatic heterocycles. The molecule has 0 bridgehead atoms. The number of fused-ring (bicyclic) bond motifs is 1. The molecule has 0 amide bonds. The van der Waals surface area contributed by atoms with Crippen molar-refractivity contribution in [3.05, 3.63) is 38.9 Å². The minimum atomic E-state index is -0.397. The minimum absolute atomic E-state index is 0.366. The second-order valence-corrected chi connectivity index (χ2v) is 6.87. The summed E-state index contributed by atoms with van der Waals surface area (Å²) in [5, 5.41) is 4.03. The van der Waals surface area contributed by atoms with Crippen LogP contribution in [0.1, 0.15) is 11.7 Å². The van der Waals surface area contributed by atoms with Crippen LogP contribution in [0.15, 0.2) is 20.4 Å². The highest BCUT2D eigenvalue weighted by atomic mass is 16.5. The quantitative estimate of drug-likeness (QED) is 0.524. The molecule has 1 aliphatic heterocycles. The van der Waals surface area contributed by atoms with Crippen molar-refractivity contribution >= 4 is 11.2 Å². The summed E-state index contributed by atoms with van der Waals surface area (Å²) in [5.74, 6) is 1.19. The number of morpholine rings is 1. The van der Waals surface area contributed by atoms with Crippen LogP contribution in [0, 0.1) is 0 Å². The van der Waals surface area contributed by atoms with Crippen molar-refractivity contribution in [1.82, 2.24) is 33.7 Å². The zero-order valence-electron chi connectivity index (χ0n) is 16.0.